The van der Waals surface area contributed by atoms with Crippen LogP contribution in [0.15, 0.2) is 18.2 Å². The van der Waals surface area contributed by atoms with Crippen molar-refractivity contribution in [2.45, 2.75) is 6.54 Å². The van der Waals surface area contributed by atoms with Crippen LogP contribution in [0.3, 0.4) is 0 Å². The van der Waals surface area contributed by atoms with Crippen LogP contribution >= 0.6 is 35.4 Å². The predicted molar refractivity (Wildman–Crippen MR) is 76.4 cm³/mol. The second kappa shape index (κ2) is 5.77. The Morgan fingerprint density at radius 3 is 2.79 bits per heavy atom. The quantitative estimate of drug-likeness (QED) is 0.854. The summed E-state index contributed by atoms with van der Waals surface area (Å²) in [4.78, 5) is 0.847. The molecular formula is C11H8ClF2N3S2. The molecule has 0 spiro atoms. The number of aromatic nitrogens is 1. The van der Waals surface area contributed by atoms with Crippen molar-refractivity contribution in [3.8, 4) is 0 Å². The van der Waals surface area contributed by atoms with Gasteiger partial charge >= 0.3 is 0 Å². The molecule has 0 atom stereocenters. The first kappa shape index (κ1) is 14.1. The van der Waals surface area contributed by atoms with Gasteiger partial charge in [-0.25, -0.2) is 8.78 Å². The fraction of sp³-hybridized carbons (Fsp3) is 0.0909. The molecule has 3 nitrogen and oxygen atoms in total. The van der Waals surface area contributed by atoms with Crippen molar-refractivity contribution < 1.29 is 8.78 Å². The van der Waals surface area contributed by atoms with Gasteiger partial charge in [0.05, 0.1) is 0 Å². The minimum atomic E-state index is -0.634. The summed E-state index contributed by atoms with van der Waals surface area (Å²) in [6.07, 6.45) is 0. The van der Waals surface area contributed by atoms with E-state index < -0.39 is 11.6 Å². The van der Waals surface area contributed by atoms with Gasteiger partial charge in [0.25, 0.3) is 0 Å². The Kier molecular flexibility index (Phi) is 4.28. The number of anilines is 1. The largest absolute Gasteiger partial charge is 0.382 e. The van der Waals surface area contributed by atoms with Crippen molar-refractivity contribution in [3.05, 3.63) is 45.3 Å². The zero-order chi connectivity index (χ0) is 14.0. The number of nitrogens with one attached hydrogen (secondary N) is 1. The maximum absolute atomic E-state index is 13.4. The van der Waals surface area contributed by atoms with Crippen LogP contribution in [0.2, 0.25) is 5.02 Å². The van der Waals surface area contributed by atoms with E-state index in [1.165, 1.54) is 12.1 Å². The van der Waals surface area contributed by atoms with Crippen LogP contribution in [0.1, 0.15) is 10.4 Å². The number of nitrogens with zero attached hydrogens (tertiary/aromatic N) is 1. The lowest BCUT2D eigenvalue weighted by atomic mass is 10.2. The zero-order valence-corrected chi connectivity index (χ0v) is 11.8. The highest BCUT2D eigenvalue weighted by molar-refractivity contribution is 7.81. The molecule has 2 rings (SSSR count). The minimum absolute atomic E-state index is 0.124. The van der Waals surface area contributed by atoms with Crippen molar-refractivity contribution in [3.63, 3.8) is 0 Å². The van der Waals surface area contributed by atoms with Gasteiger partial charge in [0.15, 0.2) is 5.82 Å². The summed E-state index contributed by atoms with van der Waals surface area (Å²) in [5.74, 6) is -1.05. The number of nitrogen functional groups attached to an aromatic ring is 1. The molecule has 1 aromatic heterocycles. The summed E-state index contributed by atoms with van der Waals surface area (Å²) in [6.45, 7) is 0.124. The molecule has 100 valence electrons. The average Bonchev–Trinajstić information content (AvgIpc) is 2.69. The second-order valence-electron chi connectivity index (χ2n) is 3.63. The van der Waals surface area contributed by atoms with Gasteiger partial charge in [-0.15, -0.1) is 0 Å². The van der Waals surface area contributed by atoms with Gasteiger partial charge in [-0.1, -0.05) is 29.9 Å². The molecule has 3 N–H and O–H groups in total. The third kappa shape index (κ3) is 3.17. The van der Waals surface area contributed by atoms with Crippen LogP contribution in [0.4, 0.5) is 14.6 Å². The molecule has 0 amide bonds. The number of halogens is 3. The van der Waals surface area contributed by atoms with Gasteiger partial charge in [-0.05, 0) is 17.6 Å². The highest BCUT2D eigenvalue weighted by atomic mass is 35.5. The van der Waals surface area contributed by atoms with E-state index in [2.05, 4.69) is 9.69 Å². The molecule has 0 bridgehead atoms. The topological polar surface area (TPSA) is 50.9 Å². The summed E-state index contributed by atoms with van der Waals surface area (Å²) in [6, 6.07) is 3.35. The van der Waals surface area contributed by atoms with Gasteiger partial charge in [0.1, 0.15) is 26.5 Å². The third-order valence-corrected chi connectivity index (χ3v) is 4.17. The second-order valence-corrected chi connectivity index (χ2v) is 5.19. The maximum Gasteiger partial charge on any atom is 0.156 e. The van der Waals surface area contributed by atoms with Gasteiger partial charge < -0.3 is 11.1 Å². The van der Waals surface area contributed by atoms with E-state index in [9.17, 15) is 8.78 Å². The molecule has 2 aromatic rings. The van der Waals surface area contributed by atoms with E-state index in [1.807, 2.05) is 0 Å². The van der Waals surface area contributed by atoms with Crippen LogP contribution < -0.4 is 11.1 Å². The first-order valence-electron chi connectivity index (χ1n) is 5.12. The SMILES string of the molecule is Nc1nsc(C(=S)NCc2ccc(F)cc2F)c1Cl. The van der Waals surface area contributed by atoms with Crippen molar-refractivity contribution in [2.24, 2.45) is 0 Å². The van der Waals surface area contributed by atoms with E-state index in [0.29, 0.717) is 15.4 Å². The lowest BCUT2D eigenvalue weighted by Crippen LogP contribution is -2.21. The molecule has 0 radical (unpaired) electrons. The van der Waals surface area contributed by atoms with Gasteiger partial charge in [-0.3, -0.25) is 0 Å². The standard InChI is InChI=1S/C11H8ClF2N3S2/c12-8-9(19-17-10(8)15)11(18)16-4-5-1-2-6(13)3-7(5)14/h1-3H,4H2,(H2,15,17)(H,16,18). The number of rotatable bonds is 3. The van der Waals surface area contributed by atoms with E-state index in [1.54, 1.807) is 0 Å². The lowest BCUT2D eigenvalue weighted by Gasteiger charge is -2.07. The Morgan fingerprint density at radius 1 is 1.47 bits per heavy atom. The minimum Gasteiger partial charge on any atom is -0.382 e. The van der Waals surface area contributed by atoms with Crippen LogP contribution in [0.25, 0.3) is 0 Å². The molecule has 0 aliphatic heterocycles. The molecule has 0 fully saturated rings. The Hall–Kier alpha value is -1.31. The fourth-order valence-corrected chi connectivity index (χ4v) is 2.61. The Morgan fingerprint density at radius 2 is 2.21 bits per heavy atom. The van der Waals surface area contributed by atoms with Gasteiger partial charge in [-0.2, -0.15) is 4.37 Å². The van der Waals surface area contributed by atoms with Crippen molar-refractivity contribution in [1.82, 2.24) is 9.69 Å². The smallest absolute Gasteiger partial charge is 0.156 e. The zero-order valence-electron chi connectivity index (χ0n) is 9.41. The van der Waals surface area contributed by atoms with Crippen LogP contribution in [0.5, 0.6) is 0 Å². The first-order chi connectivity index (χ1) is 8.99. The molecule has 0 saturated carbocycles. The average molecular weight is 320 g/mol. The molecule has 0 aliphatic carbocycles. The third-order valence-electron chi connectivity index (χ3n) is 2.32. The van der Waals surface area contributed by atoms with Gasteiger partial charge in [0, 0.05) is 18.2 Å². The number of benzene rings is 1. The Balaban J connectivity index is 2.06. The molecule has 1 aromatic carbocycles. The first-order valence-corrected chi connectivity index (χ1v) is 6.67. The summed E-state index contributed by atoms with van der Waals surface area (Å²) < 4.78 is 30.0. The number of nitrogens with two attached hydrogens (primary N) is 1. The maximum atomic E-state index is 13.4. The van der Waals surface area contributed by atoms with E-state index in [4.69, 9.17) is 29.6 Å². The summed E-state index contributed by atoms with van der Waals surface area (Å²) in [5, 5.41) is 3.11. The lowest BCUT2D eigenvalue weighted by molar-refractivity contribution is 0.570. The predicted octanol–water partition coefficient (Wildman–Crippen LogP) is 3.12. The van der Waals surface area contributed by atoms with Gasteiger partial charge in [0.2, 0.25) is 0 Å². The molecule has 0 aliphatic rings. The monoisotopic (exact) mass is 319 g/mol. The molecule has 8 heteroatoms. The number of thiocarbonyl (C=S) groups is 1. The molecule has 1 heterocycles. The van der Waals surface area contributed by atoms with E-state index >= 15 is 0 Å². The number of hydrogen-bond acceptors (Lipinski definition) is 4. The van der Waals surface area contributed by atoms with Crippen molar-refractivity contribution >= 4 is 46.2 Å². The van der Waals surface area contributed by atoms with Crippen molar-refractivity contribution in [1.29, 1.82) is 0 Å². The molecule has 0 saturated heterocycles. The van der Waals surface area contributed by atoms with Crippen molar-refractivity contribution in [2.75, 3.05) is 5.73 Å². The summed E-state index contributed by atoms with van der Waals surface area (Å²) in [7, 11) is 0. The van der Waals surface area contributed by atoms with Crippen LogP contribution in [0, 0.1) is 11.6 Å². The Labute approximate surface area is 122 Å². The Bertz CT molecular complexity index is 630. The molecule has 0 unspecified atom stereocenters. The highest BCUT2D eigenvalue weighted by Crippen LogP contribution is 2.26. The van der Waals surface area contributed by atoms with Crippen LogP contribution in [-0.4, -0.2) is 9.36 Å². The van der Waals surface area contributed by atoms with E-state index in [0.717, 1.165) is 17.6 Å². The normalized spacial score (nSPS) is 10.5. The van der Waals surface area contributed by atoms with Crippen LogP contribution in [-0.2, 0) is 6.54 Å². The molecule has 19 heavy (non-hydrogen) atoms. The summed E-state index contributed by atoms with van der Waals surface area (Å²) in [5.41, 5.74) is 5.81. The summed E-state index contributed by atoms with van der Waals surface area (Å²) >= 11 is 12.1. The van der Waals surface area contributed by atoms with E-state index in [-0.39, 0.29) is 17.4 Å². The molecular weight excluding hydrogens is 312 g/mol. The number of hydrogen-bond donors (Lipinski definition) is 2. The fourth-order valence-electron chi connectivity index (χ4n) is 1.35. The highest BCUT2D eigenvalue weighted by Gasteiger charge is 2.14.